The molecular weight excluding hydrogens is 276 g/mol. The van der Waals surface area contributed by atoms with Crippen molar-refractivity contribution < 1.29 is 9.72 Å². The van der Waals surface area contributed by atoms with E-state index in [1.807, 2.05) is 0 Å². The molecule has 0 aliphatic heterocycles. The third kappa shape index (κ3) is 3.07. The maximum atomic E-state index is 12.3. The van der Waals surface area contributed by atoms with Gasteiger partial charge in [0.1, 0.15) is 6.20 Å². The molecule has 0 spiro atoms. The van der Waals surface area contributed by atoms with Crippen molar-refractivity contribution in [3.8, 4) is 0 Å². The molecule has 0 bridgehead atoms. The fourth-order valence-electron chi connectivity index (χ4n) is 1.94. The number of aryl methyl sites for hydroxylation is 2. The van der Waals surface area contributed by atoms with Crippen molar-refractivity contribution in [1.29, 1.82) is 0 Å². The van der Waals surface area contributed by atoms with Crippen molar-refractivity contribution in [2.45, 2.75) is 20.0 Å². The largest absolute Gasteiger partial charge is 0.336 e. The van der Waals surface area contributed by atoms with Crippen molar-refractivity contribution >= 4 is 11.6 Å². The van der Waals surface area contributed by atoms with Gasteiger partial charge in [-0.3, -0.25) is 24.3 Å². The number of nitro groups is 1. The molecule has 112 valence electrons. The second-order valence-electron chi connectivity index (χ2n) is 4.66. The predicted molar refractivity (Wildman–Crippen MR) is 73.6 cm³/mol. The van der Waals surface area contributed by atoms with Crippen LogP contribution >= 0.6 is 0 Å². The van der Waals surface area contributed by atoms with E-state index in [1.54, 1.807) is 38.1 Å². The first kappa shape index (κ1) is 14.7. The van der Waals surface area contributed by atoms with E-state index in [1.165, 1.54) is 15.8 Å². The minimum atomic E-state index is -0.593. The van der Waals surface area contributed by atoms with E-state index < -0.39 is 10.8 Å². The number of rotatable bonds is 5. The first-order valence-electron chi connectivity index (χ1n) is 6.37. The topological polar surface area (TPSA) is 99.1 Å². The highest BCUT2D eigenvalue weighted by Crippen LogP contribution is 2.19. The molecule has 2 aromatic rings. The molecule has 9 heteroatoms. The predicted octanol–water partition coefficient (Wildman–Crippen LogP) is 0.817. The zero-order chi connectivity index (χ0) is 15.6. The van der Waals surface area contributed by atoms with Crippen LogP contribution < -0.4 is 0 Å². The maximum Gasteiger partial charge on any atom is 0.320 e. The fraction of sp³-hybridized carbons (Fsp3) is 0.417. The Morgan fingerprint density at radius 3 is 2.71 bits per heavy atom. The van der Waals surface area contributed by atoms with Crippen molar-refractivity contribution in [3.05, 3.63) is 40.0 Å². The van der Waals surface area contributed by atoms with Gasteiger partial charge in [-0.25, -0.2) is 0 Å². The first-order valence-corrected chi connectivity index (χ1v) is 6.37. The molecular formula is C12H16N6O3. The smallest absolute Gasteiger partial charge is 0.320 e. The van der Waals surface area contributed by atoms with E-state index in [2.05, 4.69) is 10.2 Å². The Morgan fingerprint density at radius 1 is 1.48 bits per heavy atom. The quantitative estimate of drug-likeness (QED) is 0.600. The van der Waals surface area contributed by atoms with Crippen LogP contribution in [0.1, 0.15) is 23.0 Å². The van der Waals surface area contributed by atoms with Crippen LogP contribution in [0.25, 0.3) is 0 Å². The van der Waals surface area contributed by atoms with Gasteiger partial charge in [-0.1, -0.05) is 0 Å². The standard InChI is InChI=1S/C12H16N6O3/c1-4-17-8-10(18(20)21)11(14-17)12(19)15(2)6-9-5-13-16(3)7-9/h5,7-8H,4,6H2,1-3H3. The highest BCUT2D eigenvalue weighted by Gasteiger charge is 2.27. The third-order valence-corrected chi connectivity index (χ3v) is 2.99. The van der Waals surface area contributed by atoms with Gasteiger partial charge >= 0.3 is 5.69 Å². The Morgan fingerprint density at radius 2 is 2.19 bits per heavy atom. The van der Waals surface area contributed by atoms with Crippen LogP contribution in [0.15, 0.2) is 18.6 Å². The van der Waals surface area contributed by atoms with Gasteiger partial charge < -0.3 is 4.90 Å². The van der Waals surface area contributed by atoms with Crippen LogP contribution in [-0.4, -0.2) is 42.3 Å². The number of aromatic nitrogens is 4. The second kappa shape index (κ2) is 5.73. The Labute approximate surface area is 120 Å². The number of carbonyl (C=O) groups excluding carboxylic acids is 1. The second-order valence-corrected chi connectivity index (χ2v) is 4.66. The Hall–Kier alpha value is -2.71. The van der Waals surface area contributed by atoms with Gasteiger partial charge in [0.2, 0.25) is 5.69 Å². The zero-order valence-corrected chi connectivity index (χ0v) is 12.1. The fourth-order valence-corrected chi connectivity index (χ4v) is 1.94. The summed E-state index contributed by atoms with van der Waals surface area (Å²) in [5, 5.41) is 19.0. The average Bonchev–Trinajstić information content (AvgIpc) is 3.04. The molecule has 0 atom stereocenters. The van der Waals surface area contributed by atoms with Crippen LogP contribution in [0.3, 0.4) is 0 Å². The van der Waals surface area contributed by atoms with Gasteiger partial charge in [0.25, 0.3) is 5.91 Å². The van der Waals surface area contributed by atoms with Gasteiger partial charge in [-0.2, -0.15) is 10.2 Å². The van der Waals surface area contributed by atoms with Crippen LogP contribution in [0.4, 0.5) is 5.69 Å². The van der Waals surface area contributed by atoms with E-state index in [0.29, 0.717) is 13.1 Å². The lowest BCUT2D eigenvalue weighted by Gasteiger charge is -2.14. The highest BCUT2D eigenvalue weighted by atomic mass is 16.6. The van der Waals surface area contributed by atoms with E-state index in [9.17, 15) is 14.9 Å². The van der Waals surface area contributed by atoms with Crippen LogP contribution in [0, 0.1) is 10.1 Å². The molecule has 0 N–H and O–H groups in total. The molecule has 0 saturated heterocycles. The molecule has 0 aliphatic rings. The molecule has 1 amide bonds. The summed E-state index contributed by atoms with van der Waals surface area (Å²) in [5.41, 5.74) is 0.416. The lowest BCUT2D eigenvalue weighted by molar-refractivity contribution is -0.385. The highest BCUT2D eigenvalue weighted by molar-refractivity contribution is 5.95. The van der Waals surface area contributed by atoms with Gasteiger partial charge in [-0.15, -0.1) is 0 Å². The molecule has 0 saturated carbocycles. The van der Waals surface area contributed by atoms with E-state index >= 15 is 0 Å². The Kier molecular flexibility index (Phi) is 4.01. The normalized spacial score (nSPS) is 10.6. The minimum Gasteiger partial charge on any atom is -0.336 e. The van der Waals surface area contributed by atoms with Gasteiger partial charge in [-0.05, 0) is 6.92 Å². The van der Waals surface area contributed by atoms with Crippen LogP contribution in [0.2, 0.25) is 0 Å². The minimum absolute atomic E-state index is 0.145. The molecule has 0 unspecified atom stereocenters. The van der Waals surface area contributed by atoms with Crippen molar-refractivity contribution in [3.63, 3.8) is 0 Å². The summed E-state index contributed by atoms with van der Waals surface area (Å²) in [6.07, 6.45) is 4.69. The summed E-state index contributed by atoms with van der Waals surface area (Å²) in [6, 6.07) is 0. The molecule has 2 aromatic heterocycles. The summed E-state index contributed by atoms with van der Waals surface area (Å²) in [7, 11) is 3.35. The number of hydrogen-bond donors (Lipinski definition) is 0. The number of hydrogen-bond acceptors (Lipinski definition) is 5. The maximum absolute atomic E-state index is 12.3. The summed E-state index contributed by atoms with van der Waals surface area (Å²) in [5.74, 6) is -0.488. The average molecular weight is 292 g/mol. The van der Waals surface area contributed by atoms with Crippen LogP contribution in [-0.2, 0) is 20.1 Å². The SMILES string of the molecule is CCn1cc([N+](=O)[O-])c(C(=O)N(C)Cc2cnn(C)c2)n1. The number of nitrogens with zero attached hydrogens (tertiary/aromatic N) is 6. The molecule has 0 radical (unpaired) electrons. The van der Waals surface area contributed by atoms with Gasteiger partial charge in [0, 0.05) is 38.9 Å². The van der Waals surface area contributed by atoms with Crippen molar-refractivity contribution in [1.82, 2.24) is 24.5 Å². The lowest BCUT2D eigenvalue weighted by atomic mass is 10.3. The molecule has 2 heterocycles. The van der Waals surface area contributed by atoms with Crippen molar-refractivity contribution in [2.24, 2.45) is 7.05 Å². The van der Waals surface area contributed by atoms with Gasteiger partial charge in [0.15, 0.2) is 0 Å². The van der Waals surface area contributed by atoms with E-state index in [4.69, 9.17) is 0 Å². The zero-order valence-electron chi connectivity index (χ0n) is 12.1. The van der Waals surface area contributed by atoms with Crippen molar-refractivity contribution in [2.75, 3.05) is 7.05 Å². The van der Waals surface area contributed by atoms with E-state index in [-0.39, 0.29) is 11.4 Å². The van der Waals surface area contributed by atoms with E-state index in [0.717, 1.165) is 5.56 Å². The molecule has 0 aliphatic carbocycles. The third-order valence-electron chi connectivity index (χ3n) is 2.99. The number of carbonyl (C=O) groups is 1. The molecule has 21 heavy (non-hydrogen) atoms. The lowest BCUT2D eigenvalue weighted by Crippen LogP contribution is -2.27. The number of amides is 1. The summed E-state index contributed by atoms with van der Waals surface area (Å²) >= 11 is 0. The summed E-state index contributed by atoms with van der Waals surface area (Å²) in [4.78, 5) is 24.1. The van der Waals surface area contributed by atoms with Gasteiger partial charge in [0.05, 0.1) is 11.1 Å². The Balaban J connectivity index is 2.22. The first-order chi connectivity index (χ1) is 9.92. The Bertz CT molecular complexity index is 674. The summed E-state index contributed by atoms with van der Waals surface area (Å²) in [6.45, 7) is 2.56. The van der Waals surface area contributed by atoms with Crippen LogP contribution in [0.5, 0.6) is 0 Å². The molecule has 2 rings (SSSR count). The summed E-state index contributed by atoms with van der Waals surface area (Å²) < 4.78 is 3.01. The molecule has 0 aromatic carbocycles. The monoisotopic (exact) mass is 292 g/mol. The molecule has 9 nitrogen and oxygen atoms in total. The molecule has 0 fully saturated rings.